The molecule has 0 saturated carbocycles. The van der Waals surface area contributed by atoms with Crippen molar-refractivity contribution in [3.05, 3.63) is 90.5 Å². The summed E-state index contributed by atoms with van der Waals surface area (Å²) in [6.07, 6.45) is 5.72. The lowest BCUT2D eigenvalue weighted by Gasteiger charge is -2.04. The van der Waals surface area contributed by atoms with Gasteiger partial charge in [-0.25, -0.2) is 18.0 Å². The molecule has 1 N–H and O–H groups in total. The van der Waals surface area contributed by atoms with Gasteiger partial charge in [0.1, 0.15) is 29.1 Å². The minimum absolute atomic E-state index is 0.185. The minimum atomic E-state index is -4.25. The van der Waals surface area contributed by atoms with Gasteiger partial charge in [-0.2, -0.15) is 5.26 Å². The van der Waals surface area contributed by atoms with Crippen molar-refractivity contribution in [2.45, 2.75) is 4.90 Å². The highest BCUT2D eigenvalue weighted by atomic mass is 32.2. The molecule has 2 aromatic carbocycles. The van der Waals surface area contributed by atoms with E-state index < -0.39 is 10.1 Å². The number of allylic oxidation sites excluding steroid dienone is 1. The summed E-state index contributed by atoms with van der Waals surface area (Å²) in [4.78, 5) is 7.43. The van der Waals surface area contributed by atoms with Crippen LogP contribution < -0.4 is 4.57 Å². The smallest absolute Gasteiger partial charge is 0.169 e. The number of nitriles is 1. The summed E-state index contributed by atoms with van der Waals surface area (Å²) in [5.41, 5.74) is 3.29. The number of hydrogen-bond acceptors (Lipinski definition) is 5. The lowest BCUT2D eigenvalue weighted by molar-refractivity contribution is -0.671. The van der Waals surface area contributed by atoms with Crippen LogP contribution in [0.3, 0.4) is 0 Å². The van der Waals surface area contributed by atoms with E-state index in [4.69, 9.17) is 0 Å². The summed E-state index contributed by atoms with van der Waals surface area (Å²) >= 11 is 0. The van der Waals surface area contributed by atoms with Crippen LogP contribution in [0.1, 0.15) is 11.4 Å². The third-order valence-electron chi connectivity index (χ3n) is 4.11. The number of nitrogens with one attached hydrogen (secondary N) is 1. The molecule has 0 spiro atoms. The molecular formula is C22H18N4O3S. The van der Waals surface area contributed by atoms with Crippen molar-refractivity contribution in [3.63, 3.8) is 0 Å². The molecule has 4 rings (SSSR count). The standard InChI is InChI=1S/C16H12N4.C6H6O3S/c1-20-8-6-12(7-9-20)10-13(11-17)16-18-14-4-2-3-5-15(14)19-16;7-10(8,9)6-4-2-1-3-5-6/h2-10H,1H3;1-5H,(H,7,8,9). The second kappa shape index (κ2) is 9.13. The van der Waals surface area contributed by atoms with Gasteiger partial charge in [-0.05, 0) is 35.9 Å². The fourth-order valence-electron chi connectivity index (χ4n) is 2.60. The van der Waals surface area contributed by atoms with Gasteiger partial charge in [0, 0.05) is 12.1 Å². The summed E-state index contributed by atoms with van der Waals surface area (Å²) in [6, 6.07) is 21.1. The van der Waals surface area contributed by atoms with Gasteiger partial charge in [-0.1, -0.05) is 30.3 Å². The number of hydrogen-bond donors (Lipinski definition) is 1. The first kappa shape index (κ1) is 20.9. The van der Waals surface area contributed by atoms with E-state index in [-0.39, 0.29) is 4.90 Å². The Bertz CT molecular complexity index is 1290. The molecule has 0 unspecified atom stereocenters. The van der Waals surface area contributed by atoms with Gasteiger partial charge in [0.2, 0.25) is 0 Å². The highest BCUT2D eigenvalue weighted by Crippen LogP contribution is 2.18. The van der Waals surface area contributed by atoms with Crippen LogP contribution >= 0.6 is 0 Å². The molecule has 0 amide bonds. The molecule has 0 fully saturated rings. The second-order valence-corrected chi connectivity index (χ2v) is 7.72. The maximum atomic E-state index is 10.3. The lowest BCUT2D eigenvalue weighted by atomic mass is 10.1. The molecule has 2 aromatic heterocycles. The van der Waals surface area contributed by atoms with Gasteiger partial charge in [0.15, 0.2) is 12.4 Å². The van der Waals surface area contributed by atoms with E-state index in [2.05, 4.69) is 16.0 Å². The molecule has 4 aromatic rings. The van der Waals surface area contributed by atoms with Gasteiger partial charge in [0.25, 0.3) is 0 Å². The van der Waals surface area contributed by atoms with Gasteiger partial charge in [0.05, 0.1) is 21.5 Å². The van der Waals surface area contributed by atoms with Crippen LogP contribution in [-0.2, 0) is 17.2 Å². The predicted molar refractivity (Wildman–Crippen MR) is 112 cm³/mol. The van der Waals surface area contributed by atoms with Crippen molar-refractivity contribution >= 4 is 32.8 Å². The lowest BCUT2D eigenvalue weighted by Crippen LogP contribution is -2.25. The number of nitrogens with zero attached hydrogens (tertiary/aromatic N) is 3. The number of benzene rings is 2. The monoisotopic (exact) mass is 418 g/mol. The zero-order valence-corrected chi connectivity index (χ0v) is 16.9. The topological polar surface area (TPSA) is 114 Å². The predicted octanol–water partition coefficient (Wildman–Crippen LogP) is 3.04. The van der Waals surface area contributed by atoms with Crippen molar-refractivity contribution in [2.75, 3.05) is 0 Å². The average Bonchev–Trinajstić information content (AvgIpc) is 3.18. The molecular weight excluding hydrogens is 400 g/mol. The van der Waals surface area contributed by atoms with Crippen LogP contribution in [0.15, 0.2) is 84.0 Å². The van der Waals surface area contributed by atoms with E-state index in [1.165, 1.54) is 24.3 Å². The van der Waals surface area contributed by atoms with Crippen molar-refractivity contribution in [1.29, 1.82) is 5.26 Å². The third-order valence-corrected chi connectivity index (χ3v) is 4.96. The largest absolute Gasteiger partial charge is 0.744 e. The molecule has 2 heterocycles. The SMILES string of the molecule is C[n+]1ccc(C=C(C#N)c2nc3ccccc3[nH]2)cc1.O=S(=O)([O-])c1ccccc1. The second-order valence-electron chi connectivity index (χ2n) is 6.34. The van der Waals surface area contributed by atoms with E-state index in [1.807, 2.05) is 66.5 Å². The fourth-order valence-corrected chi connectivity index (χ4v) is 3.09. The molecule has 0 aliphatic heterocycles. The number of aryl methyl sites for hydroxylation is 1. The number of aromatic nitrogens is 3. The first-order valence-corrected chi connectivity index (χ1v) is 10.3. The minimum Gasteiger partial charge on any atom is -0.744 e. The molecule has 0 bridgehead atoms. The molecule has 0 aliphatic rings. The third kappa shape index (κ3) is 5.38. The van der Waals surface area contributed by atoms with Crippen molar-refractivity contribution in [1.82, 2.24) is 9.97 Å². The quantitative estimate of drug-likeness (QED) is 0.312. The highest BCUT2D eigenvalue weighted by molar-refractivity contribution is 7.85. The Hall–Kier alpha value is -3.80. The van der Waals surface area contributed by atoms with E-state index >= 15 is 0 Å². The van der Waals surface area contributed by atoms with E-state index in [1.54, 1.807) is 6.07 Å². The fraction of sp³-hybridized carbons (Fsp3) is 0.0455. The Morgan fingerprint density at radius 3 is 2.27 bits per heavy atom. The number of pyridine rings is 1. The van der Waals surface area contributed by atoms with Crippen LogP contribution in [-0.4, -0.2) is 22.9 Å². The number of fused-ring (bicyclic) bond motifs is 1. The molecule has 0 atom stereocenters. The van der Waals surface area contributed by atoms with Gasteiger partial charge in [-0.15, -0.1) is 0 Å². The highest BCUT2D eigenvalue weighted by Gasteiger charge is 2.07. The first-order valence-electron chi connectivity index (χ1n) is 8.90. The zero-order valence-electron chi connectivity index (χ0n) is 16.1. The van der Waals surface area contributed by atoms with Gasteiger partial charge >= 0.3 is 0 Å². The summed E-state index contributed by atoms with van der Waals surface area (Å²) in [5.74, 6) is 0.599. The summed E-state index contributed by atoms with van der Waals surface area (Å²) in [6.45, 7) is 0. The summed E-state index contributed by atoms with van der Waals surface area (Å²) in [7, 11) is -2.30. The van der Waals surface area contributed by atoms with Crippen LogP contribution in [0.4, 0.5) is 0 Å². The average molecular weight is 418 g/mol. The van der Waals surface area contributed by atoms with E-state index in [9.17, 15) is 18.2 Å². The zero-order chi connectivity index (χ0) is 21.6. The molecule has 7 nitrogen and oxygen atoms in total. The molecule has 0 aliphatic carbocycles. The van der Waals surface area contributed by atoms with Crippen LogP contribution in [0, 0.1) is 11.3 Å². The number of H-pyrrole nitrogens is 1. The Balaban J connectivity index is 0.000000216. The van der Waals surface area contributed by atoms with Crippen LogP contribution in [0.5, 0.6) is 0 Å². The van der Waals surface area contributed by atoms with Gasteiger partial charge in [-0.3, -0.25) is 0 Å². The van der Waals surface area contributed by atoms with Crippen molar-refractivity contribution < 1.29 is 17.5 Å². The number of para-hydroxylation sites is 2. The maximum Gasteiger partial charge on any atom is 0.169 e. The Morgan fingerprint density at radius 2 is 1.70 bits per heavy atom. The Labute approximate surface area is 174 Å². The van der Waals surface area contributed by atoms with Crippen molar-refractivity contribution in [3.8, 4) is 6.07 Å². The molecule has 0 radical (unpaired) electrons. The normalized spacial score (nSPS) is 11.4. The Morgan fingerprint density at radius 1 is 1.07 bits per heavy atom. The van der Waals surface area contributed by atoms with Gasteiger partial charge < -0.3 is 9.54 Å². The summed E-state index contributed by atoms with van der Waals surface area (Å²) < 4.78 is 32.8. The number of aromatic amines is 1. The van der Waals surface area contributed by atoms with E-state index in [0.717, 1.165) is 16.6 Å². The Kier molecular flexibility index (Phi) is 6.37. The van der Waals surface area contributed by atoms with E-state index in [0.29, 0.717) is 11.4 Å². The maximum absolute atomic E-state index is 10.3. The number of rotatable bonds is 3. The first-order chi connectivity index (χ1) is 14.4. The molecule has 30 heavy (non-hydrogen) atoms. The van der Waals surface area contributed by atoms with Crippen molar-refractivity contribution in [2.24, 2.45) is 7.05 Å². The molecule has 150 valence electrons. The molecule has 0 saturated heterocycles. The molecule has 8 heteroatoms. The van der Waals surface area contributed by atoms with Crippen LogP contribution in [0.25, 0.3) is 22.7 Å². The number of imidazole rings is 1. The van der Waals surface area contributed by atoms with Crippen LogP contribution in [0.2, 0.25) is 0 Å². The summed E-state index contributed by atoms with van der Waals surface area (Å²) in [5, 5.41) is 9.34.